The zero-order chi connectivity index (χ0) is 29.4. The van der Waals surface area contributed by atoms with Crippen LogP contribution < -0.4 is 26.2 Å². The standard InChI is InChI=1S/C28H27N5O7S/c34-25-14-21(26(35)29-17-24(27(36)37)32-41(39,40)23-9-5-2-6-10-23)13-22-12-11-20(18-33(22)25)16-31-28(38)30-15-19-7-3-1-4-8-19/h1-14,18,24,32H,15-17H2,(H,29,35)(H,36,37)(H2,30,31,38)/t24-/m0/s1. The summed E-state index contributed by atoms with van der Waals surface area (Å²) in [5.41, 5.74) is 1.42. The lowest BCUT2D eigenvalue weighted by Crippen LogP contribution is -2.48. The van der Waals surface area contributed by atoms with Crippen molar-refractivity contribution in [1.82, 2.24) is 25.1 Å². The number of nitrogens with zero attached hydrogens (tertiary/aromatic N) is 1. The molecule has 0 saturated heterocycles. The summed E-state index contributed by atoms with van der Waals surface area (Å²) in [6.07, 6.45) is 1.54. The lowest BCUT2D eigenvalue weighted by atomic mass is 10.2. The van der Waals surface area contributed by atoms with E-state index in [-0.39, 0.29) is 23.0 Å². The van der Waals surface area contributed by atoms with Gasteiger partial charge in [-0.05, 0) is 35.4 Å². The van der Waals surface area contributed by atoms with Crippen LogP contribution in [0.2, 0.25) is 0 Å². The van der Waals surface area contributed by atoms with E-state index in [0.717, 1.165) is 11.6 Å². The number of carbonyl (C=O) groups is 3. The van der Waals surface area contributed by atoms with Crippen LogP contribution in [0.15, 0.2) is 101 Å². The highest BCUT2D eigenvalue weighted by Crippen LogP contribution is 2.10. The van der Waals surface area contributed by atoms with Crippen molar-refractivity contribution in [3.8, 4) is 0 Å². The van der Waals surface area contributed by atoms with Crippen LogP contribution in [-0.2, 0) is 27.9 Å². The van der Waals surface area contributed by atoms with Gasteiger partial charge in [-0.25, -0.2) is 13.2 Å². The smallest absolute Gasteiger partial charge is 0.323 e. The molecule has 0 unspecified atom stereocenters. The minimum Gasteiger partial charge on any atom is -0.480 e. The summed E-state index contributed by atoms with van der Waals surface area (Å²) in [7, 11) is -4.15. The number of sulfonamides is 1. The number of hydrogen-bond acceptors (Lipinski definition) is 6. The number of benzene rings is 2. The predicted octanol–water partition coefficient (Wildman–Crippen LogP) is 1.46. The third-order valence-corrected chi connectivity index (χ3v) is 7.48. The van der Waals surface area contributed by atoms with Crippen molar-refractivity contribution >= 4 is 33.4 Å². The minimum absolute atomic E-state index is 0.0313. The van der Waals surface area contributed by atoms with Crippen LogP contribution in [0.25, 0.3) is 5.52 Å². The number of hydrogen-bond donors (Lipinski definition) is 5. The molecule has 0 aliphatic rings. The Hall–Kier alpha value is -5.01. The Morgan fingerprint density at radius 3 is 2.10 bits per heavy atom. The average molecular weight is 578 g/mol. The van der Waals surface area contributed by atoms with Crippen molar-refractivity contribution in [3.05, 3.63) is 118 Å². The summed E-state index contributed by atoms with van der Waals surface area (Å²) < 4.78 is 28.4. The normalized spacial score (nSPS) is 11.9. The van der Waals surface area contributed by atoms with E-state index in [4.69, 9.17) is 0 Å². The fraction of sp³-hybridized carbons (Fsp3) is 0.143. The maximum absolute atomic E-state index is 12.7. The van der Waals surface area contributed by atoms with Crippen molar-refractivity contribution in [2.75, 3.05) is 6.54 Å². The number of carboxylic acid groups (broad SMARTS) is 1. The highest BCUT2D eigenvalue weighted by molar-refractivity contribution is 7.89. The molecule has 5 N–H and O–H groups in total. The van der Waals surface area contributed by atoms with Crippen LogP contribution in [0.5, 0.6) is 0 Å². The third-order valence-electron chi connectivity index (χ3n) is 5.99. The zero-order valence-electron chi connectivity index (χ0n) is 21.6. The number of aliphatic carboxylic acids is 1. The Bertz CT molecular complexity index is 1730. The van der Waals surface area contributed by atoms with Gasteiger partial charge in [-0.2, -0.15) is 4.72 Å². The summed E-state index contributed by atoms with van der Waals surface area (Å²) >= 11 is 0. The van der Waals surface area contributed by atoms with Gasteiger partial charge in [-0.15, -0.1) is 0 Å². The number of aromatic nitrogens is 1. The Morgan fingerprint density at radius 1 is 0.805 bits per heavy atom. The number of carboxylic acids is 1. The van der Waals surface area contributed by atoms with Crippen LogP contribution in [0.1, 0.15) is 21.5 Å². The van der Waals surface area contributed by atoms with Crippen molar-refractivity contribution in [2.45, 2.75) is 24.0 Å². The van der Waals surface area contributed by atoms with E-state index < -0.39 is 40.0 Å². The highest BCUT2D eigenvalue weighted by atomic mass is 32.2. The first-order valence-corrected chi connectivity index (χ1v) is 13.9. The molecule has 13 heteroatoms. The Kier molecular flexibility index (Phi) is 9.12. The summed E-state index contributed by atoms with van der Waals surface area (Å²) in [5.74, 6) is -2.24. The molecule has 212 valence electrons. The first-order chi connectivity index (χ1) is 19.6. The van der Waals surface area contributed by atoms with Gasteiger partial charge in [-0.1, -0.05) is 54.6 Å². The fourth-order valence-corrected chi connectivity index (χ4v) is 5.07. The molecule has 4 rings (SSSR count). The van der Waals surface area contributed by atoms with E-state index in [9.17, 15) is 32.7 Å². The molecule has 0 radical (unpaired) electrons. The van der Waals surface area contributed by atoms with E-state index in [2.05, 4.69) is 20.7 Å². The van der Waals surface area contributed by atoms with Crippen LogP contribution in [-0.4, -0.2) is 48.4 Å². The first kappa shape index (κ1) is 29.0. The number of pyridine rings is 2. The van der Waals surface area contributed by atoms with Gasteiger partial charge in [0.2, 0.25) is 10.0 Å². The van der Waals surface area contributed by atoms with Gasteiger partial charge >= 0.3 is 12.0 Å². The van der Waals surface area contributed by atoms with E-state index in [1.807, 2.05) is 30.3 Å². The molecule has 2 aromatic carbocycles. The van der Waals surface area contributed by atoms with Crippen LogP contribution in [0, 0.1) is 0 Å². The molecular formula is C28H27N5O7S. The van der Waals surface area contributed by atoms with Gasteiger partial charge < -0.3 is 21.1 Å². The molecule has 1 atom stereocenters. The molecule has 41 heavy (non-hydrogen) atoms. The van der Waals surface area contributed by atoms with E-state index in [1.165, 1.54) is 40.9 Å². The van der Waals surface area contributed by atoms with Crippen LogP contribution >= 0.6 is 0 Å². The van der Waals surface area contributed by atoms with E-state index >= 15 is 0 Å². The maximum atomic E-state index is 12.7. The van der Waals surface area contributed by atoms with Gasteiger partial charge in [0.25, 0.3) is 11.5 Å². The van der Waals surface area contributed by atoms with E-state index in [1.54, 1.807) is 18.2 Å². The SMILES string of the molecule is O=C(NCc1ccccc1)NCc1ccc2cc(C(=O)NC[C@H](NS(=O)(=O)c3ccccc3)C(=O)O)cc(=O)n2c1. The summed E-state index contributed by atoms with van der Waals surface area (Å²) in [5, 5.41) is 17.3. The quantitative estimate of drug-likeness (QED) is 0.179. The molecule has 2 aromatic heterocycles. The van der Waals surface area contributed by atoms with Crippen LogP contribution in [0.3, 0.4) is 0 Å². The lowest BCUT2D eigenvalue weighted by molar-refractivity contribution is -0.138. The molecule has 0 fully saturated rings. The number of nitrogens with one attached hydrogen (secondary N) is 4. The predicted molar refractivity (Wildman–Crippen MR) is 150 cm³/mol. The third kappa shape index (κ3) is 7.77. The zero-order valence-corrected chi connectivity index (χ0v) is 22.4. The largest absolute Gasteiger partial charge is 0.480 e. The molecule has 3 amide bonds. The molecular weight excluding hydrogens is 550 g/mol. The molecule has 0 saturated carbocycles. The van der Waals surface area contributed by atoms with Crippen molar-refractivity contribution < 1.29 is 27.9 Å². The van der Waals surface area contributed by atoms with Gasteiger partial charge in [0, 0.05) is 43.0 Å². The Labute approximate surface area is 235 Å². The molecule has 4 aromatic rings. The summed E-state index contributed by atoms with van der Waals surface area (Å²) in [6.45, 7) is -0.0436. The monoisotopic (exact) mass is 577 g/mol. The minimum atomic E-state index is -4.15. The molecule has 0 aliphatic heterocycles. The summed E-state index contributed by atoms with van der Waals surface area (Å²) in [4.78, 5) is 49.1. The molecule has 0 bridgehead atoms. The first-order valence-electron chi connectivity index (χ1n) is 12.4. The fourth-order valence-electron chi connectivity index (χ4n) is 3.86. The number of carbonyl (C=O) groups excluding carboxylic acids is 2. The number of urea groups is 1. The molecule has 12 nitrogen and oxygen atoms in total. The Balaban J connectivity index is 1.37. The van der Waals surface area contributed by atoms with Crippen molar-refractivity contribution in [1.29, 1.82) is 0 Å². The average Bonchev–Trinajstić information content (AvgIpc) is 2.97. The number of amides is 3. The summed E-state index contributed by atoms with van der Waals surface area (Å²) in [6, 6.07) is 20.4. The van der Waals surface area contributed by atoms with Crippen molar-refractivity contribution in [2.24, 2.45) is 0 Å². The van der Waals surface area contributed by atoms with Gasteiger partial charge in [0.15, 0.2) is 0 Å². The Morgan fingerprint density at radius 2 is 1.44 bits per heavy atom. The number of fused-ring (bicyclic) bond motifs is 1. The number of rotatable bonds is 11. The molecule has 0 spiro atoms. The highest BCUT2D eigenvalue weighted by Gasteiger charge is 2.26. The molecule has 0 aliphatic carbocycles. The van der Waals surface area contributed by atoms with Crippen molar-refractivity contribution in [3.63, 3.8) is 0 Å². The lowest BCUT2D eigenvalue weighted by Gasteiger charge is -2.16. The molecule has 2 heterocycles. The second-order valence-corrected chi connectivity index (χ2v) is 10.7. The second-order valence-electron chi connectivity index (χ2n) is 8.97. The van der Waals surface area contributed by atoms with E-state index in [0.29, 0.717) is 17.6 Å². The van der Waals surface area contributed by atoms with Crippen LogP contribution in [0.4, 0.5) is 4.79 Å². The van der Waals surface area contributed by atoms with Gasteiger partial charge in [0.05, 0.1) is 4.90 Å². The topological polar surface area (TPSA) is 175 Å². The van der Waals surface area contributed by atoms with Gasteiger partial charge in [0.1, 0.15) is 6.04 Å². The second kappa shape index (κ2) is 12.9. The van der Waals surface area contributed by atoms with Gasteiger partial charge in [-0.3, -0.25) is 18.8 Å². The maximum Gasteiger partial charge on any atom is 0.323 e.